The van der Waals surface area contributed by atoms with Crippen LogP contribution in [0.2, 0.25) is 10.0 Å². The maximum atomic E-state index is 6.78. The number of hydrogen-bond acceptors (Lipinski definition) is 4. The highest BCUT2D eigenvalue weighted by Gasteiger charge is 2.42. The molecule has 0 amide bonds. The molecule has 1 aliphatic carbocycles. The first-order valence-corrected chi connectivity index (χ1v) is 8.89. The quantitative estimate of drug-likeness (QED) is 0.679. The normalized spacial score (nSPS) is 23.8. The van der Waals surface area contributed by atoms with Crippen LogP contribution in [-0.2, 0) is 6.42 Å². The SMILES string of the molecule is COc1c(Cl)cc(Cl)c2c1C(C1(N)C=Cc3cc(N)ccc3N1)CC2. The lowest BCUT2D eigenvalue weighted by atomic mass is 9.84. The second-order valence-corrected chi connectivity index (χ2v) is 7.41. The van der Waals surface area contributed by atoms with E-state index in [4.69, 9.17) is 39.4 Å². The summed E-state index contributed by atoms with van der Waals surface area (Å²) in [5.74, 6) is 0.655. The average Bonchev–Trinajstić information content (AvgIpc) is 3.02. The standard InChI is InChI=1S/C19H19Cl2N3O/c1-25-18-15(21)9-14(20)12-3-4-13(17(12)18)19(23)7-6-10-8-11(22)2-5-16(10)24-19/h2,5-9,13,24H,3-4,22-23H2,1H3. The Balaban J connectivity index is 1.80. The molecule has 4 rings (SSSR count). The number of hydrogen-bond donors (Lipinski definition) is 3. The van der Waals surface area contributed by atoms with Crippen LogP contribution in [-0.4, -0.2) is 12.8 Å². The molecule has 130 valence electrons. The number of anilines is 2. The Hall–Kier alpha value is -1.88. The first-order valence-electron chi connectivity index (χ1n) is 8.13. The lowest BCUT2D eigenvalue weighted by molar-refractivity contribution is 0.394. The van der Waals surface area contributed by atoms with Crippen LogP contribution in [0.3, 0.4) is 0 Å². The summed E-state index contributed by atoms with van der Waals surface area (Å²) in [6.45, 7) is 0. The molecular formula is C19H19Cl2N3O. The van der Waals surface area contributed by atoms with Gasteiger partial charge in [0.2, 0.25) is 0 Å². The topological polar surface area (TPSA) is 73.3 Å². The number of nitrogens with two attached hydrogens (primary N) is 2. The molecule has 1 heterocycles. The first-order chi connectivity index (χ1) is 11.9. The lowest BCUT2D eigenvalue weighted by Crippen LogP contribution is -2.51. The minimum atomic E-state index is -0.754. The third-order valence-corrected chi connectivity index (χ3v) is 5.72. The van der Waals surface area contributed by atoms with Crippen molar-refractivity contribution in [3.05, 3.63) is 57.1 Å². The summed E-state index contributed by atoms with van der Waals surface area (Å²) in [4.78, 5) is 0. The maximum Gasteiger partial charge on any atom is 0.141 e. The number of methoxy groups -OCH3 is 1. The van der Waals surface area contributed by atoms with Gasteiger partial charge in [0.25, 0.3) is 0 Å². The number of halogens is 2. The number of ether oxygens (including phenoxy) is 1. The first kappa shape index (κ1) is 16.6. The van der Waals surface area contributed by atoms with Gasteiger partial charge in [0.15, 0.2) is 0 Å². The van der Waals surface area contributed by atoms with Crippen LogP contribution < -0.4 is 21.5 Å². The number of nitrogen functional groups attached to an aromatic ring is 1. The molecule has 4 nitrogen and oxygen atoms in total. The van der Waals surface area contributed by atoms with Gasteiger partial charge in [0, 0.05) is 27.9 Å². The van der Waals surface area contributed by atoms with E-state index in [9.17, 15) is 0 Å². The molecule has 2 atom stereocenters. The van der Waals surface area contributed by atoms with Gasteiger partial charge in [-0.2, -0.15) is 0 Å². The Morgan fingerprint density at radius 3 is 2.80 bits per heavy atom. The van der Waals surface area contributed by atoms with Crippen molar-refractivity contribution in [2.75, 3.05) is 18.2 Å². The predicted octanol–water partition coefficient (Wildman–Crippen LogP) is 4.41. The van der Waals surface area contributed by atoms with Gasteiger partial charge in [-0.15, -0.1) is 0 Å². The smallest absolute Gasteiger partial charge is 0.141 e. The maximum absolute atomic E-state index is 6.78. The predicted molar refractivity (Wildman–Crippen MR) is 105 cm³/mol. The van der Waals surface area contributed by atoms with Crippen molar-refractivity contribution in [3.63, 3.8) is 0 Å². The summed E-state index contributed by atoms with van der Waals surface area (Å²) in [7, 11) is 1.62. The highest BCUT2D eigenvalue weighted by atomic mass is 35.5. The Kier molecular flexibility index (Phi) is 3.87. The molecule has 2 aromatic rings. The summed E-state index contributed by atoms with van der Waals surface area (Å²) in [6.07, 6.45) is 5.71. The van der Waals surface area contributed by atoms with Gasteiger partial charge in [-0.25, -0.2) is 0 Å². The molecular weight excluding hydrogens is 357 g/mol. The molecule has 0 spiro atoms. The van der Waals surface area contributed by atoms with Crippen molar-refractivity contribution in [1.82, 2.24) is 0 Å². The zero-order valence-electron chi connectivity index (χ0n) is 13.8. The highest BCUT2D eigenvalue weighted by molar-refractivity contribution is 6.36. The molecule has 0 bridgehead atoms. The third-order valence-electron chi connectivity index (χ3n) is 5.11. The Morgan fingerprint density at radius 2 is 2.04 bits per heavy atom. The van der Waals surface area contributed by atoms with E-state index in [1.54, 1.807) is 13.2 Å². The van der Waals surface area contributed by atoms with E-state index in [1.165, 1.54) is 0 Å². The zero-order valence-corrected chi connectivity index (χ0v) is 15.3. The highest BCUT2D eigenvalue weighted by Crippen LogP contribution is 2.51. The van der Waals surface area contributed by atoms with E-state index in [1.807, 2.05) is 30.4 Å². The minimum absolute atomic E-state index is 0.00407. The molecule has 0 radical (unpaired) electrons. The fourth-order valence-electron chi connectivity index (χ4n) is 3.94. The Labute approximate surface area is 156 Å². The molecule has 2 aliphatic rings. The van der Waals surface area contributed by atoms with Crippen molar-refractivity contribution in [2.45, 2.75) is 24.4 Å². The molecule has 25 heavy (non-hydrogen) atoms. The summed E-state index contributed by atoms with van der Waals surface area (Å²) < 4.78 is 5.58. The van der Waals surface area contributed by atoms with Crippen LogP contribution in [0.15, 0.2) is 30.3 Å². The summed E-state index contributed by atoms with van der Waals surface area (Å²) in [5, 5.41) is 4.64. The fourth-order valence-corrected chi connectivity index (χ4v) is 4.59. The number of nitrogens with one attached hydrogen (secondary N) is 1. The molecule has 0 saturated heterocycles. The largest absolute Gasteiger partial charge is 0.495 e. The second kappa shape index (κ2) is 5.84. The van der Waals surface area contributed by atoms with Crippen LogP contribution in [0.4, 0.5) is 11.4 Å². The molecule has 1 aliphatic heterocycles. The van der Waals surface area contributed by atoms with Gasteiger partial charge < -0.3 is 21.5 Å². The van der Waals surface area contributed by atoms with Gasteiger partial charge in [0.1, 0.15) is 11.4 Å². The van der Waals surface area contributed by atoms with Crippen molar-refractivity contribution in [3.8, 4) is 5.75 Å². The van der Waals surface area contributed by atoms with Gasteiger partial charge >= 0.3 is 0 Å². The van der Waals surface area contributed by atoms with E-state index < -0.39 is 5.66 Å². The zero-order chi connectivity index (χ0) is 17.8. The van der Waals surface area contributed by atoms with Crippen LogP contribution in [0.5, 0.6) is 5.75 Å². The Bertz CT molecular complexity index is 897. The van der Waals surface area contributed by atoms with Crippen molar-refractivity contribution < 1.29 is 4.74 Å². The molecule has 0 saturated carbocycles. The molecule has 0 aromatic heterocycles. The Morgan fingerprint density at radius 1 is 1.24 bits per heavy atom. The van der Waals surface area contributed by atoms with Gasteiger partial charge in [-0.3, -0.25) is 0 Å². The van der Waals surface area contributed by atoms with Gasteiger partial charge in [-0.05, 0) is 54.3 Å². The van der Waals surface area contributed by atoms with Crippen molar-refractivity contribution in [1.29, 1.82) is 0 Å². The van der Waals surface area contributed by atoms with Crippen LogP contribution in [0, 0.1) is 0 Å². The third kappa shape index (κ3) is 2.56. The number of benzene rings is 2. The van der Waals surface area contributed by atoms with Gasteiger partial charge in [0.05, 0.1) is 12.1 Å². The van der Waals surface area contributed by atoms with Crippen LogP contribution in [0.1, 0.15) is 29.0 Å². The van der Waals surface area contributed by atoms with E-state index in [0.717, 1.165) is 40.9 Å². The molecule has 5 N–H and O–H groups in total. The fraction of sp³-hybridized carbons (Fsp3) is 0.263. The second-order valence-electron chi connectivity index (χ2n) is 6.59. The summed E-state index contributed by atoms with van der Waals surface area (Å²) >= 11 is 12.8. The average molecular weight is 376 g/mol. The molecule has 0 fully saturated rings. The summed E-state index contributed by atoms with van der Waals surface area (Å²) in [6, 6.07) is 7.49. The lowest BCUT2D eigenvalue weighted by Gasteiger charge is -2.38. The van der Waals surface area contributed by atoms with E-state index in [-0.39, 0.29) is 5.92 Å². The van der Waals surface area contributed by atoms with E-state index in [2.05, 4.69) is 5.32 Å². The van der Waals surface area contributed by atoms with Crippen LogP contribution >= 0.6 is 23.2 Å². The molecule has 2 unspecified atom stereocenters. The van der Waals surface area contributed by atoms with Crippen molar-refractivity contribution in [2.24, 2.45) is 5.73 Å². The number of rotatable bonds is 2. The van der Waals surface area contributed by atoms with Crippen molar-refractivity contribution >= 4 is 40.7 Å². The number of fused-ring (bicyclic) bond motifs is 2. The minimum Gasteiger partial charge on any atom is -0.495 e. The van der Waals surface area contributed by atoms with E-state index in [0.29, 0.717) is 15.8 Å². The van der Waals surface area contributed by atoms with Gasteiger partial charge in [-0.1, -0.05) is 29.3 Å². The molecule has 2 aromatic carbocycles. The summed E-state index contributed by atoms with van der Waals surface area (Å²) in [5.41, 5.74) is 16.7. The molecule has 6 heteroatoms. The van der Waals surface area contributed by atoms with E-state index >= 15 is 0 Å². The monoisotopic (exact) mass is 375 g/mol. The van der Waals surface area contributed by atoms with Crippen LogP contribution in [0.25, 0.3) is 6.08 Å².